The van der Waals surface area contributed by atoms with Crippen LogP contribution in [0, 0.1) is 6.92 Å². The predicted molar refractivity (Wildman–Crippen MR) is 111 cm³/mol. The molecule has 3 N–H and O–H groups in total. The van der Waals surface area contributed by atoms with Gasteiger partial charge in [0.2, 0.25) is 11.8 Å². The fourth-order valence-electron chi connectivity index (χ4n) is 3.66. The number of para-hydroxylation sites is 1. The summed E-state index contributed by atoms with van der Waals surface area (Å²) in [7, 11) is 1.61. The van der Waals surface area contributed by atoms with Gasteiger partial charge >= 0.3 is 0 Å². The van der Waals surface area contributed by atoms with E-state index in [0.717, 1.165) is 33.3 Å². The quantitative estimate of drug-likeness (QED) is 0.562. The number of nitrogens with two attached hydrogens (primary N) is 1. The lowest BCUT2D eigenvalue weighted by Gasteiger charge is -2.11. The normalized spacial score (nSPS) is 13.0. The Hall–Kier alpha value is -3.80. The van der Waals surface area contributed by atoms with Gasteiger partial charge < -0.3 is 15.6 Å². The molecule has 0 saturated heterocycles. The maximum atomic E-state index is 10.7. The number of nitrogens with zero attached hydrogens (tertiary/aromatic N) is 3. The maximum absolute atomic E-state index is 10.7. The zero-order valence-electron chi connectivity index (χ0n) is 15.5. The minimum absolute atomic E-state index is 0.102. The molecule has 28 heavy (non-hydrogen) atoms. The van der Waals surface area contributed by atoms with Crippen molar-refractivity contribution in [2.75, 3.05) is 12.8 Å². The van der Waals surface area contributed by atoms with Crippen LogP contribution in [0.25, 0.3) is 38.6 Å². The van der Waals surface area contributed by atoms with Gasteiger partial charge in [0.15, 0.2) is 0 Å². The number of aromatic hydroxyl groups is 1. The molecule has 0 atom stereocenters. The number of anilines is 1. The predicted octanol–water partition coefficient (Wildman–Crippen LogP) is 4.27. The van der Waals surface area contributed by atoms with Crippen molar-refractivity contribution in [1.29, 1.82) is 0 Å². The number of hydrogen-bond acceptors (Lipinski definition) is 5. The molecule has 0 amide bonds. The lowest BCUT2D eigenvalue weighted by atomic mass is 10.0. The van der Waals surface area contributed by atoms with Crippen LogP contribution >= 0.6 is 0 Å². The summed E-state index contributed by atoms with van der Waals surface area (Å²) in [6, 6.07) is 7.88. The van der Waals surface area contributed by atoms with E-state index in [2.05, 4.69) is 4.98 Å². The van der Waals surface area contributed by atoms with Crippen LogP contribution in [-0.2, 0) is 0 Å². The van der Waals surface area contributed by atoms with Crippen molar-refractivity contribution in [3.63, 3.8) is 0 Å². The Morgan fingerprint density at radius 2 is 2.07 bits per heavy atom. The van der Waals surface area contributed by atoms with E-state index in [-0.39, 0.29) is 5.88 Å². The summed E-state index contributed by atoms with van der Waals surface area (Å²) in [5.74, 6) is 0.701. The largest absolute Gasteiger partial charge is 0.494 e. The van der Waals surface area contributed by atoms with E-state index >= 15 is 0 Å². The van der Waals surface area contributed by atoms with Crippen LogP contribution in [0.4, 0.5) is 5.69 Å². The molecule has 6 nitrogen and oxygen atoms in total. The minimum atomic E-state index is 0.102. The van der Waals surface area contributed by atoms with Crippen molar-refractivity contribution in [2.24, 2.45) is 0 Å². The van der Waals surface area contributed by atoms with Gasteiger partial charge in [-0.25, -0.2) is 9.97 Å². The summed E-state index contributed by atoms with van der Waals surface area (Å²) in [6.45, 7) is 1.96. The first kappa shape index (κ1) is 16.4. The molecule has 138 valence electrons. The van der Waals surface area contributed by atoms with Crippen molar-refractivity contribution >= 4 is 33.2 Å². The van der Waals surface area contributed by atoms with E-state index in [1.165, 1.54) is 0 Å². The van der Waals surface area contributed by atoms with Crippen LogP contribution in [0.15, 0.2) is 54.9 Å². The molecule has 0 unspecified atom stereocenters. The van der Waals surface area contributed by atoms with Crippen molar-refractivity contribution in [2.45, 2.75) is 6.92 Å². The number of pyridine rings is 2. The summed E-state index contributed by atoms with van der Waals surface area (Å²) < 4.78 is 6.97. The van der Waals surface area contributed by atoms with Crippen LogP contribution < -0.4 is 10.5 Å². The molecule has 0 fully saturated rings. The second-order valence-corrected chi connectivity index (χ2v) is 6.81. The Labute approximate surface area is 161 Å². The highest BCUT2D eigenvalue weighted by Crippen LogP contribution is 2.40. The van der Waals surface area contributed by atoms with Gasteiger partial charge in [-0.1, -0.05) is 24.3 Å². The van der Waals surface area contributed by atoms with Gasteiger partial charge in [-0.05, 0) is 25.1 Å². The number of fused-ring (bicyclic) bond motifs is 2. The summed E-state index contributed by atoms with van der Waals surface area (Å²) in [5, 5.41) is 12.1. The molecule has 1 aromatic carbocycles. The topological polar surface area (TPSA) is 86.2 Å². The third kappa shape index (κ3) is 2.21. The average molecular weight is 370 g/mol. The number of aromatic nitrogens is 3. The van der Waals surface area contributed by atoms with E-state index in [1.54, 1.807) is 17.9 Å². The molecule has 5 rings (SSSR count). The van der Waals surface area contributed by atoms with E-state index in [1.807, 2.05) is 55.6 Å². The third-order valence-corrected chi connectivity index (χ3v) is 5.13. The van der Waals surface area contributed by atoms with Crippen LogP contribution in [0.3, 0.4) is 0 Å². The van der Waals surface area contributed by atoms with Gasteiger partial charge in [-0.3, -0.25) is 4.57 Å². The second kappa shape index (κ2) is 5.85. The van der Waals surface area contributed by atoms with Crippen molar-refractivity contribution in [1.82, 2.24) is 14.5 Å². The SMILES string of the molecule is COc1ncc(-c2cccc3c(N)c4c(O)n(C5=CC=C5)cc4nc23)cc1C. The first-order valence-electron chi connectivity index (χ1n) is 8.90. The van der Waals surface area contributed by atoms with Crippen molar-refractivity contribution in [3.8, 4) is 22.9 Å². The Bertz CT molecular complexity index is 1330. The summed E-state index contributed by atoms with van der Waals surface area (Å²) >= 11 is 0. The Balaban J connectivity index is 1.79. The fraction of sp³-hybridized carbons (Fsp3) is 0.0909. The number of nitrogen functional groups attached to an aromatic ring is 1. The van der Waals surface area contributed by atoms with Crippen LogP contribution in [0.1, 0.15) is 5.56 Å². The molecule has 0 saturated carbocycles. The van der Waals surface area contributed by atoms with Crippen LogP contribution in [0.2, 0.25) is 0 Å². The van der Waals surface area contributed by atoms with Gasteiger partial charge in [0.1, 0.15) is 0 Å². The highest BCUT2D eigenvalue weighted by Gasteiger charge is 2.19. The number of aryl methyl sites for hydroxylation is 1. The van der Waals surface area contributed by atoms with Gasteiger partial charge in [-0.2, -0.15) is 0 Å². The molecule has 0 radical (unpaired) electrons. The fourth-order valence-corrected chi connectivity index (χ4v) is 3.66. The number of rotatable bonds is 3. The number of methoxy groups -OCH3 is 1. The van der Waals surface area contributed by atoms with Crippen LogP contribution in [0.5, 0.6) is 11.8 Å². The number of hydrogen-bond donors (Lipinski definition) is 2. The second-order valence-electron chi connectivity index (χ2n) is 6.81. The monoisotopic (exact) mass is 370 g/mol. The Morgan fingerprint density at radius 3 is 2.75 bits per heavy atom. The molecule has 4 aromatic rings. The molecule has 3 heterocycles. The lowest BCUT2D eigenvalue weighted by Crippen LogP contribution is -1.95. The molecule has 1 aliphatic carbocycles. The Morgan fingerprint density at radius 1 is 1.25 bits per heavy atom. The third-order valence-electron chi connectivity index (χ3n) is 5.13. The van der Waals surface area contributed by atoms with Crippen LogP contribution in [-0.4, -0.2) is 26.8 Å². The lowest BCUT2D eigenvalue weighted by molar-refractivity contribution is 0.394. The minimum Gasteiger partial charge on any atom is -0.494 e. The Kier molecular flexibility index (Phi) is 3.42. The molecular weight excluding hydrogens is 352 g/mol. The molecule has 6 heteroatoms. The first-order valence-corrected chi connectivity index (χ1v) is 8.90. The van der Waals surface area contributed by atoms with Gasteiger partial charge in [0.05, 0.1) is 29.2 Å². The van der Waals surface area contributed by atoms with E-state index in [4.69, 9.17) is 15.5 Å². The summed E-state index contributed by atoms with van der Waals surface area (Å²) in [6.07, 6.45) is 9.35. The number of allylic oxidation sites excluding steroid dienone is 4. The molecular formula is C22H18N4O2. The first-order chi connectivity index (χ1) is 13.6. The van der Waals surface area contributed by atoms with E-state index < -0.39 is 0 Å². The zero-order valence-corrected chi connectivity index (χ0v) is 15.5. The van der Waals surface area contributed by atoms with Gasteiger partial charge in [-0.15, -0.1) is 0 Å². The maximum Gasteiger partial charge on any atom is 0.215 e. The zero-order chi connectivity index (χ0) is 19.4. The summed E-state index contributed by atoms with van der Waals surface area (Å²) in [5.41, 5.74) is 12.1. The van der Waals surface area contributed by atoms with Crippen molar-refractivity contribution in [3.05, 3.63) is 60.5 Å². The van der Waals surface area contributed by atoms with Gasteiger partial charge in [0, 0.05) is 40.2 Å². The smallest absolute Gasteiger partial charge is 0.215 e. The molecule has 1 aliphatic rings. The van der Waals surface area contributed by atoms with Crippen molar-refractivity contribution < 1.29 is 9.84 Å². The molecule has 0 aliphatic heterocycles. The van der Waals surface area contributed by atoms with E-state index in [0.29, 0.717) is 22.5 Å². The summed E-state index contributed by atoms with van der Waals surface area (Å²) in [4.78, 5) is 9.22. The molecule has 0 bridgehead atoms. The van der Waals surface area contributed by atoms with Gasteiger partial charge in [0.25, 0.3) is 0 Å². The number of ether oxygens (including phenoxy) is 1. The highest BCUT2D eigenvalue weighted by atomic mass is 16.5. The highest BCUT2D eigenvalue weighted by molar-refractivity contribution is 6.12. The molecule has 0 spiro atoms. The molecule has 3 aromatic heterocycles. The standard InChI is InChI=1S/C22H18N4O2/c1-12-9-13(10-24-21(12)28-2)15-7-4-8-16-19(23)18-17(25-20(15)16)11-26(22(18)27)14-5-3-6-14/h3-11,27H,23H2,1-2H3. The number of benzene rings is 1. The average Bonchev–Trinajstić information content (AvgIpc) is 2.96. The van der Waals surface area contributed by atoms with E-state index in [9.17, 15) is 5.11 Å².